The molecule has 0 aliphatic heterocycles. The van der Waals surface area contributed by atoms with Crippen molar-refractivity contribution in [3.8, 4) is 0 Å². The van der Waals surface area contributed by atoms with Crippen LogP contribution in [-0.4, -0.2) is 33.2 Å². The van der Waals surface area contributed by atoms with Crippen molar-refractivity contribution in [3.63, 3.8) is 0 Å². The first-order chi connectivity index (χ1) is 5.93. The number of rotatable bonds is 6. The summed E-state index contributed by atoms with van der Waals surface area (Å²) in [4.78, 5) is 30.6. The zero-order valence-electron chi connectivity index (χ0n) is 6.77. The number of carboxylic acids is 3. The second-order valence-corrected chi connectivity index (χ2v) is 2.57. The molecule has 1 atom stereocenters. The molecule has 6 heteroatoms. The molecule has 6 nitrogen and oxygen atoms in total. The zero-order chi connectivity index (χ0) is 10.4. The summed E-state index contributed by atoms with van der Waals surface area (Å²) < 4.78 is 0. The highest BCUT2D eigenvalue weighted by Crippen LogP contribution is 2.11. The van der Waals surface area contributed by atoms with E-state index in [0.717, 1.165) is 0 Å². The van der Waals surface area contributed by atoms with Gasteiger partial charge in [0.05, 0.1) is 12.3 Å². The minimum absolute atomic E-state index is 0.156. The van der Waals surface area contributed by atoms with E-state index < -0.39 is 30.2 Å². The van der Waals surface area contributed by atoms with Crippen molar-refractivity contribution in [2.45, 2.75) is 19.3 Å². The van der Waals surface area contributed by atoms with E-state index >= 15 is 0 Å². The van der Waals surface area contributed by atoms with Crippen molar-refractivity contribution in [1.82, 2.24) is 0 Å². The Morgan fingerprint density at radius 1 is 1.00 bits per heavy atom. The highest BCUT2D eigenvalue weighted by atomic mass is 16.4. The van der Waals surface area contributed by atoms with Gasteiger partial charge in [-0.2, -0.15) is 0 Å². The van der Waals surface area contributed by atoms with Gasteiger partial charge in [-0.3, -0.25) is 14.4 Å². The van der Waals surface area contributed by atoms with Crippen LogP contribution < -0.4 is 0 Å². The topological polar surface area (TPSA) is 112 Å². The molecule has 0 amide bonds. The fraction of sp³-hybridized carbons (Fsp3) is 0.571. The Kier molecular flexibility index (Phi) is 4.50. The van der Waals surface area contributed by atoms with Gasteiger partial charge in [-0.25, -0.2) is 0 Å². The third-order valence-electron chi connectivity index (χ3n) is 1.48. The molecule has 13 heavy (non-hydrogen) atoms. The highest BCUT2D eigenvalue weighted by Gasteiger charge is 2.21. The SMILES string of the molecule is O=C(O)CCC(CC(=O)O)C(=O)O. The van der Waals surface area contributed by atoms with E-state index in [1.807, 2.05) is 0 Å². The van der Waals surface area contributed by atoms with Crippen LogP contribution >= 0.6 is 0 Å². The van der Waals surface area contributed by atoms with Crippen molar-refractivity contribution >= 4 is 17.9 Å². The van der Waals surface area contributed by atoms with E-state index in [2.05, 4.69) is 0 Å². The van der Waals surface area contributed by atoms with Crippen LogP contribution in [0.3, 0.4) is 0 Å². The van der Waals surface area contributed by atoms with Gasteiger partial charge in [0.25, 0.3) is 0 Å². The summed E-state index contributed by atoms with van der Waals surface area (Å²) in [5.74, 6) is -4.76. The first kappa shape index (κ1) is 11.4. The van der Waals surface area contributed by atoms with E-state index in [9.17, 15) is 14.4 Å². The Bertz CT molecular complexity index is 221. The number of carboxylic acid groups (broad SMARTS) is 3. The van der Waals surface area contributed by atoms with E-state index in [1.165, 1.54) is 0 Å². The summed E-state index contributed by atoms with van der Waals surface area (Å²) in [5.41, 5.74) is 0. The minimum Gasteiger partial charge on any atom is -0.481 e. The lowest BCUT2D eigenvalue weighted by molar-refractivity contribution is -0.149. The fourth-order valence-corrected chi connectivity index (χ4v) is 0.821. The average Bonchev–Trinajstić information content (AvgIpc) is 1.96. The molecule has 0 aliphatic carbocycles. The van der Waals surface area contributed by atoms with Crippen molar-refractivity contribution < 1.29 is 29.7 Å². The summed E-state index contributed by atoms with van der Waals surface area (Å²) in [5, 5.41) is 25.0. The molecule has 0 saturated carbocycles. The highest BCUT2D eigenvalue weighted by molar-refractivity contribution is 5.78. The molecule has 74 valence electrons. The molecular formula is C7H10O6. The predicted octanol–water partition coefficient (Wildman–Crippen LogP) is 0.0267. The maximum absolute atomic E-state index is 10.4. The predicted molar refractivity (Wildman–Crippen MR) is 40.2 cm³/mol. The lowest BCUT2D eigenvalue weighted by Crippen LogP contribution is -2.18. The summed E-state index contributed by atoms with van der Waals surface area (Å²) in [7, 11) is 0. The van der Waals surface area contributed by atoms with Gasteiger partial charge in [-0.15, -0.1) is 0 Å². The van der Waals surface area contributed by atoms with Crippen LogP contribution in [0, 0.1) is 5.92 Å². The van der Waals surface area contributed by atoms with E-state index in [0.29, 0.717) is 0 Å². The van der Waals surface area contributed by atoms with Gasteiger partial charge >= 0.3 is 17.9 Å². The maximum atomic E-state index is 10.4. The second kappa shape index (κ2) is 5.13. The zero-order valence-corrected chi connectivity index (χ0v) is 6.77. The van der Waals surface area contributed by atoms with Crippen LogP contribution in [0.2, 0.25) is 0 Å². The summed E-state index contributed by atoms with van der Waals surface area (Å²) >= 11 is 0. The monoisotopic (exact) mass is 190 g/mol. The largest absolute Gasteiger partial charge is 0.481 e. The van der Waals surface area contributed by atoms with Crippen LogP contribution in [0.5, 0.6) is 0 Å². The first-order valence-electron chi connectivity index (χ1n) is 3.60. The molecule has 3 N–H and O–H groups in total. The Hall–Kier alpha value is -1.59. The molecule has 0 aromatic heterocycles. The van der Waals surface area contributed by atoms with Gasteiger partial charge in [0.2, 0.25) is 0 Å². The molecule has 1 unspecified atom stereocenters. The molecule has 0 heterocycles. The standard InChI is InChI=1S/C7H10O6/c8-5(9)2-1-4(7(12)13)3-6(10)11/h4H,1-3H2,(H,8,9)(H,10,11)(H,12,13). The van der Waals surface area contributed by atoms with Crippen LogP contribution in [0.4, 0.5) is 0 Å². The van der Waals surface area contributed by atoms with Gasteiger partial charge in [0.15, 0.2) is 0 Å². The van der Waals surface area contributed by atoms with Gasteiger partial charge < -0.3 is 15.3 Å². The van der Waals surface area contributed by atoms with Crippen molar-refractivity contribution in [1.29, 1.82) is 0 Å². The van der Waals surface area contributed by atoms with Crippen molar-refractivity contribution in [2.24, 2.45) is 5.92 Å². The van der Waals surface area contributed by atoms with Gasteiger partial charge in [-0.1, -0.05) is 0 Å². The number of carbonyl (C=O) groups is 3. The van der Waals surface area contributed by atoms with E-state index in [1.54, 1.807) is 0 Å². The van der Waals surface area contributed by atoms with Crippen LogP contribution in [-0.2, 0) is 14.4 Å². The molecule has 0 fully saturated rings. The maximum Gasteiger partial charge on any atom is 0.307 e. The van der Waals surface area contributed by atoms with Gasteiger partial charge in [0, 0.05) is 6.42 Å². The number of hydrogen-bond acceptors (Lipinski definition) is 3. The average molecular weight is 190 g/mol. The lowest BCUT2D eigenvalue weighted by atomic mass is 10.00. The Labute approximate surface area is 73.8 Å². The molecule has 0 aliphatic rings. The fourth-order valence-electron chi connectivity index (χ4n) is 0.821. The Balaban J connectivity index is 4.02. The van der Waals surface area contributed by atoms with Gasteiger partial charge in [0.1, 0.15) is 0 Å². The lowest BCUT2D eigenvalue weighted by Gasteiger charge is -2.06. The van der Waals surface area contributed by atoms with Crippen molar-refractivity contribution in [2.75, 3.05) is 0 Å². The first-order valence-corrected chi connectivity index (χ1v) is 3.60. The van der Waals surface area contributed by atoms with Crippen LogP contribution in [0.25, 0.3) is 0 Å². The minimum atomic E-state index is -1.27. The molecule has 0 saturated heterocycles. The molecule has 0 spiro atoms. The van der Waals surface area contributed by atoms with Gasteiger partial charge in [-0.05, 0) is 6.42 Å². The molecular weight excluding hydrogens is 180 g/mol. The molecule has 0 aromatic carbocycles. The van der Waals surface area contributed by atoms with Crippen LogP contribution in [0.1, 0.15) is 19.3 Å². The third kappa shape index (κ3) is 5.66. The Morgan fingerprint density at radius 3 is 1.85 bits per heavy atom. The van der Waals surface area contributed by atoms with E-state index in [4.69, 9.17) is 15.3 Å². The number of aliphatic carboxylic acids is 3. The summed E-state index contributed by atoms with van der Waals surface area (Å²) in [6.45, 7) is 0. The normalized spacial score (nSPS) is 12.0. The molecule has 0 bridgehead atoms. The van der Waals surface area contributed by atoms with E-state index in [-0.39, 0.29) is 12.8 Å². The molecule has 0 radical (unpaired) electrons. The Morgan fingerprint density at radius 2 is 1.54 bits per heavy atom. The summed E-state index contributed by atoms with van der Waals surface area (Å²) in [6.07, 6.45) is -1.02. The molecule has 0 rings (SSSR count). The molecule has 0 aromatic rings. The third-order valence-corrected chi connectivity index (χ3v) is 1.48. The summed E-state index contributed by atoms with van der Waals surface area (Å²) in [6, 6.07) is 0. The number of hydrogen-bond donors (Lipinski definition) is 3. The smallest absolute Gasteiger partial charge is 0.307 e. The van der Waals surface area contributed by atoms with Crippen molar-refractivity contribution in [3.05, 3.63) is 0 Å². The second-order valence-electron chi connectivity index (χ2n) is 2.57. The van der Waals surface area contributed by atoms with Crippen LogP contribution in [0.15, 0.2) is 0 Å². The quantitative estimate of drug-likeness (QED) is 0.544.